The van der Waals surface area contributed by atoms with Crippen molar-refractivity contribution in [1.29, 1.82) is 0 Å². The Morgan fingerprint density at radius 2 is 1.83 bits per heavy atom. The van der Waals surface area contributed by atoms with Gasteiger partial charge in [-0.05, 0) is 0 Å². The van der Waals surface area contributed by atoms with Crippen LogP contribution in [0.25, 0.3) is 0 Å². The fourth-order valence-electron chi connectivity index (χ4n) is 1.58. The van der Waals surface area contributed by atoms with Gasteiger partial charge in [-0.15, -0.1) is 0 Å². The summed E-state index contributed by atoms with van der Waals surface area (Å²) < 4.78 is 14.9. The highest BCUT2D eigenvalue weighted by molar-refractivity contribution is 5.71. The Morgan fingerprint density at radius 3 is 2.33 bits per heavy atom. The third-order valence-electron chi connectivity index (χ3n) is 2.76. The molecule has 7 heteroatoms. The molecular weight excluding hydrogens is 244 g/mol. The van der Waals surface area contributed by atoms with Crippen molar-refractivity contribution >= 4 is 5.97 Å². The number of methoxy groups -OCH3 is 1. The maximum absolute atomic E-state index is 11.3. The summed E-state index contributed by atoms with van der Waals surface area (Å²) in [6.45, 7) is 3.15. The molecule has 1 heterocycles. The molecule has 1 aliphatic heterocycles. The number of hydrogen-bond acceptors (Lipinski definition) is 7. The Kier molecular flexibility index (Phi) is 5.48. The standard InChI is InChI=1S/C11H20O7/c1-5(2)10(15)17-4-6-7(12)8(13)9(14)11(16-3)18-6/h5-9,11-14H,4H2,1-3H3/t6-,7-,8+,9-,11-/m1/s1. The lowest BCUT2D eigenvalue weighted by Crippen LogP contribution is -2.59. The second-order valence-electron chi connectivity index (χ2n) is 4.54. The Bertz CT molecular complexity index is 279. The van der Waals surface area contributed by atoms with Crippen LogP contribution in [-0.4, -0.2) is 65.7 Å². The van der Waals surface area contributed by atoms with E-state index in [4.69, 9.17) is 14.2 Å². The minimum absolute atomic E-state index is 0.207. The molecule has 1 saturated heterocycles. The number of aliphatic hydroxyl groups is 3. The number of hydrogen-bond donors (Lipinski definition) is 3. The largest absolute Gasteiger partial charge is 0.463 e. The Labute approximate surface area is 105 Å². The number of carbonyl (C=O) groups is 1. The summed E-state index contributed by atoms with van der Waals surface area (Å²) in [5.74, 6) is -0.722. The average Bonchev–Trinajstić information content (AvgIpc) is 2.34. The quantitative estimate of drug-likeness (QED) is 0.538. The summed E-state index contributed by atoms with van der Waals surface area (Å²) in [7, 11) is 1.30. The van der Waals surface area contributed by atoms with Gasteiger partial charge < -0.3 is 29.5 Å². The Balaban J connectivity index is 2.57. The van der Waals surface area contributed by atoms with Gasteiger partial charge in [0, 0.05) is 7.11 Å². The van der Waals surface area contributed by atoms with Crippen LogP contribution in [0.2, 0.25) is 0 Å². The second-order valence-corrected chi connectivity index (χ2v) is 4.54. The SMILES string of the molecule is CO[C@@H]1O[C@H](COC(=O)C(C)C)[C@@H](O)[C@H](O)[C@H]1O. The van der Waals surface area contributed by atoms with Gasteiger partial charge in [0.25, 0.3) is 0 Å². The zero-order valence-electron chi connectivity index (χ0n) is 10.6. The highest BCUT2D eigenvalue weighted by Crippen LogP contribution is 2.22. The van der Waals surface area contributed by atoms with E-state index in [2.05, 4.69) is 0 Å². The van der Waals surface area contributed by atoms with Crippen molar-refractivity contribution in [2.24, 2.45) is 5.92 Å². The van der Waals surface area contributed by atoms with Gasteiger partial charge in [-0.2, -0.15) is 0 Å². The van der Waals surface area contributed by atoms with E-state index >= 15 is 0 Å². The highest BCUT2D eigenvalue weighted by Gasteiger charge is 2.44. The number of carbonyl (C=O) groups excluding carboxylic acids is 1. The van der Waals surface area contributed by atoms with Crippen LogP contribution < -0.4 is 0 Å². The van der Waals surface area contributed by atoms with Crippen LogP contribution >= 0.6 is 0 Å². The van der Waals surface area contributed by atoms with Crippen molar-refractivity contribution in [2.75, 3.05) is 13.7 Å². The molecule has 0 aromatic rings. The average molecular weight is 264 g/mol. The molecule has 1 fully saturated rings. The molecule has 0 bridgehead atoms. The lowest BCUT2D eigenvalue weighted by molar-refractivity contribution is -0.295. The van der Waals surface area contributed by atoms with Crippen molar-refractivity contribution in [1.82, 2.24) is 0 Å². The lowest BCUT2D eigenvalue weighted by Gasteiger charge is -2.39. The number of esters is 1. The first-order chi connectivity index (χ1) is 8.38. The molecule has 0 aromatic heterocycles. The van der Waals surface area contributed by atoms with Gasteiger partial charge in [0.05, 0.1) is 5.92 Å². The van der Waals surface area contributed by atoms with E-state index in [1.165, 1.54) is 7.11 Å². The van der Waals surface area contributed by atoms with E-state index in [1.54, 1.807) is 13.8 Å². The summed E-state index contributed by atoms with van der Waals surface area (Å²) in [5.41, 5.74) is 0. The van der Waals surface area contributed by atoms with Crippen LogP contribution in [0.1, 0.15) is 13.8 Å². The predicted molar refractivity (Wildman–Crippen MR) is 59.5 cm³/mol. The summed E-state index contributed by atoms with van der Waals surface area (Å²) in [6, 6.07) is 0. The van der Waals surface area contributed by atoms with Crippen LogP contribution in [-0.2, 0) is 19.0 Å². The van der Waals surface area contributed by atoms with Crippen LogP contribution in [0.5, 0.6) is 0 Å². The van der Waals surface area contributed by atoms with E-state index < -0.39 is 36.7 Å². The van der Waals surface area contributed by atoms with Gasteiger partial charge in [0.1, 0.15) is 31.0 Å². The Hall–Kier alpha value is -0.730. The summed E-state index contributed by atoms with van der Waals surface area (Å²) in [6.07, 6.45) is -6.10. The predicted octanol–water partition coefficient (Wildman–Crippen LogP) is -1.36. The Morgan fingerprint density at radius 1 is 1.22 bits per heavy atom. The fourth-order valence-corrected chi connectivity index (χ4v) is 1.58. The zero-order chi connectivity index (χ0) is 13.9. The molecule has 1 rings (SSSR count). The van der Waals surface area contributed by atoms with Gasteiger partial charge >= 0.3 is 5.97 Å². The molecule has 0 saturated carbocycles. The smallest absolute Gasteiger partial charge is 0.308 e. The first-order valence-electron chi connectivity index (χ1n) is 5.77. The minimum Gasteiger partial charge on any atom is -0.463 e. The van der Waals surface area contributed by atoms with Crippen LogP contribution in [0.3, 0.4) is 0 Å². The molecule has 0 amide bonds. The number of aliphatic hydroxyl groups excluding tert-OH is 3. The van der Waals surface area contributed by atoms with Crippen molar-refractivity contribution in [3.8, 4) is 0 Å². The van der Waals surface area contributed by atoms with Crippen LogP contribution in [0.15, 0.2) is 0 Å². The second kappa shape index (κ2) is 6.44. The molecule has 0 spiro atoms. The highest BCUT2D eigenvalue weighted by atomic mass is 16.7. The van der Waals surface area contributed by atoms with Gasteiger partial charge in [-0.3, -0.25) is 4.79 Å². The molecule has 7 nitrogen and oxygen atoms in total. The maximum Gasteiger partial charge on any atom is 0.308 e. The first kappa shape index (κ1) is 15.3. The molecular formula is C11H20O7. The minimum atomic E-state index is -1.41. The van der Waals surface area contributed by atoms with Crippen molar-refractivity contribution in [2.45, 2.75) is 44.6 Å². The lowest BCUT2D eigenvalue weighted by atomic mass is 9.99. The van der Waals surface area contributed by atoms with E-state index in [1.807, 2.05) is 0 Å². The fraction of sp³-hybridized carbons (Fsp3) is 0.909. The van der Waals surface area contributed by atoms with Crippen LogP contribution in [0.4, 0.5) is 0 Å². The molecule has 0 unspecified atom stereocenters. The van der Waals surface area contributed by atoms with Gasteiger partial charge in [0.2, 0.25) is 0 Å². The summed E-state index contributed by atoms with van der Waals surface area (Å²) in [4.78, 5) is 11.3. The molecule has 106 valence electrons. The van der Waals surface area contributed by atoms with Crippen LogP contribution in [0, 0.1) is 5.92 Å². The molecule has 3 N–H and O–H groups in total. The number of ether oxygens (including phenoxy) is 3. The molecule has 5 atom stereocenters. The van der Waals surface area contributed by atoms with Gasteiger partial charge in [-0.25, -0.2) is 0 Å². The first-order valence-corrected chi connectivity index (χ1v) is 5.77. The topological polar surface area (TPSA) is 105 Å². The van der Waals surface area contributed by atoms with Crippen molar-refractivity contribution in [3.63, 3.8) is 0 Å². The molecule has 18 heavy (non-hydrogen) atoms. The van der Waals surface area contributed by atoms with E-state index in [0.717, 1.165) is 0 Å². The molecule has 0 aliphatic carbocycles. The molecule has 1 aliphatic rings. The molecule has 0 aromatic carbocycles. The summed E-state index contributed by atoms with van der Waals surface area (Å²) >= 11 is 0. The molecule has 0 radical (unpaired) electrons. The van der Waals surface area contributed by atoms with E-state index in [-0.39, 0.29) is 12.5 Å². The monoisotopic (exact) mass is 264 g/mol. The van der Waals surface area contributed by atoms with Gasteiger partial charge in [-0.1, -0.05) is 13.8 Å². The van der Waals surface area contributed by atoms with Crippen molar-refractivity contribution < 1.29 is 34.3 Å². The normalized spacial score (nSPS) is 36.7. The zero-order valence-corrected chi connectivity index (χ0v) is 10.6. The summed E-state index contributed by atoms with van der Waals surface area (Å²) in [5, 5.41) is 28.8. The van der Waals surface area contributed by atoms with E-state index in [0.29, 0.717) is 0 Å². The third kappa shape index (κ3) is 3.39. The maximum atomic E-state index is 11.3. The van der Waals surface area contributed by atoms with Crippen molar-refractivity contribution in [3.05, 3.63) is 0 Å². The third-order valence-corrected chi connectivity index (χ3v) is 2.76. The van der Waals surface area contributed by atoms with E-state index in [9.17, 15) is 20.1 Å². The van der Waals surface area contributed by atoms with Gasteiger partial charge in [0.15, 0.2) is 6.29 Å². The number of rotatable bonds is 4.